The minimum Gasteiger partial charge on any atom is -0.493 e. The molecule has 2 aromatic rings. The first-order valence-corrected chi connectivity index (χ1v) is 9.63. The Hall–Kier alpha value is -2.45. The molecule has 0 fully saturated rings. The van der Waals surface area contributed by atoms with Gasteiger partial charge in [0.05, 0.1) is 18.7 Å². The third-order valence-electron chi connectivity index (χ3n) is 3.63. The molecule has 28 heavy (non-hydrogen) atoms. The van der Waals surface area contributed by atoms with E-state index in [4.69, 9.17) is 21.1 Å². The minimum absolute atomic E-state index is 0.385. The van der Waals surface area contributed by atoms with E-state index in [-0.39, 0.29) is 0 Å². The zero-order chi connectivity index (χ0) is 20.7. The molecule has 2 amide bonds. The van der Waals surface area contributed by atoms with Crippen LogP contribution in [0.3, 0.4) is 0 Å². The van der Waals surface area contributed by atoms with Crippen molar-refractivity contribution in [3.8, 4) is 11.5 Å². The molecule has 150 valence electrons. The Morgan fingerprint density at radius 3 is 2.64 bits per heavy atom. The highest BCUT2D eigenvalue weighted by atomic mass is 79.9. The zero-order valence-corrected chi connectivity index (χ0v) is 18.1. The number of nitrogens with zero attached hydrogens (tertiary/aromatic N) is 1. The van der Waals surface area contributed by atoms with E-state index in [0.29, 0.717) is 34.4 Å². The molecule has 0 saturated carbocycles. The van der Waals surface area contributed by atoms with Crippen molar-refractivity contribution in [3.63, 3.8) is 0 Å². The Morgan fingerprint density at radius 1 is 1.29 bits per heavy atom. The van der Waals surface area contributed by atoms with Gasteiger partial charge in [-0.3, -0.25) is 20.4 Å². The number of halogens is 2. The molecule has 0 atom stereocenters. The van der Waals surface area contributed by atoms with E-state index >= 15 is 0 Å². The zero-order valence-electron chi connectivity index (χ0n) is 15.7. The summed E-state index contributed by atoms with van der Waals surface area (Å²) in [5.74, 6) is 0.0114. The minimum atomic E-state index is -0.497. The summed E-state index contributed by atoms with van der Waals surface area (Å²) < 4.78 is 13.3. The van der Waals surface area contributed by atoms with Crippen LogP contribution in [0, 0.1) is 0 Å². The van der Waals surface area contributed by atoms with Crippen LogP contribution < -0.4 is 20.3 Å². The van der Waals surface area contributed by atoms with E-state index in [0.717, 1.165) is 10.9 Å². The number of hydrazine groups is 1. The van der Waals surface area contributed by atoms with Crippen molar-refractivity contribution in [3.05, 3.63) is 51.2 Å². The molecule has 0 saturated heterocycles. The van der Waals surface area contributed by atoms with Crippen LogP contribution in [0.2, 0.25) is 5.02 Å². The van der Waals surface area contributed by atoms with Crippen LogP contribution in [0.25, 0.3) is 6.08 Å². The van der Waals surface area contributed by atoms with Crippen LogP contribution in [0.1, 0.15) is 29.4 Å². The first kappa shape index (κ1) is 21.8. The fourth-order valence-electron chi connectivity index (χ4n) is 2.33. The van der Waals surface area contributed by atoms with Crippen LogP contribution >= 0.6 is 27.5 Å². The molecule has 1 heterocycles. The summed E-state index contributed by atoms with van der Waals surface area (Å²) in [6, 6.07) is 5.02. The van der Waals surface area contributed by atoms with Gasteiger partial charge in [-0.1, -0.05) is 18.5 Å². The summed E-state index contributed by atoms with van der Waals surface area (Å²) in [6.45, 7) is 2.51. The van der Waals surface area contributed by atoms with Gasteiger partial charge in [-0.2, -0.15) is 0 Å². The lowest BCUT2D eigenvalue weighted by atomic mass is 10.2. The number of methoxy groups -OCH3 is 1. The topological polar surface area (TPSA) is 81.6 Å². The van der Waals surface area contributed by atoms with Gasteiger partial charge in [0.15, 0.2) is 11.5 Å². The number of hydrogen-bond acceptors (Lipinski definition) is 4. The highest BCUT2D eigenvalue weighted by Crippen LogP contribution is 2.36. The predicted molar refractivity (Wildman–Crippen MR) is 112 cm³/mol. The molecule has 2 rings (SSSR count). The van der Waals surface area contributed by atoms with Gasteiger partial charge < -0.3 is 14.0 Å². The fraction of sp³-hybridized carbons (Fsp3) is 0.263. The molecule has 0 spiro atoms. The second-order valence-corrected chi connectivity index (χ2v) is 7.14. The number of aromatic nitrogens is 1. The number of hydrogen-bond donors (Lipinski definition) is 2. The van der Waals surface area contributed by atoms with E-state index in [1.807, 2.05) is 6.92 Å². The van der Waals surface area contributed by atoms with Crippen molar-refractivity contribution in [2.75, 3.05) is 13.7 Å². The standard InChI is InChI=1S/C19H21BrClN3O4/c1-4-7-28-18-14(21)8-12(9-16(18)27-3)5-6-17(25)22-23-19(26)15-10-13(20)11-24(15)2/h5-6,8-11H,4,7H2,1-3H3,(H,22,25)(H,23,26)/b6-5+. The molecule has 0 bridgehead atoms. The van der Waals surface area contributed by atoms with Gasteiger partial charge in [0.1, 0.15) is 5.69 Å². The number of rotatable bonds is 7. The fourth-order valence-corrected chi connectivity index (χ4v) is 3.12. The largest absolute Gasteiger partial charge is 0.493 e. The summed E-state index contributed by atoms with van der Waals surface area (Å²) in [7, 11) is 3.24. The number of aryl methyl sites for hydroxylation is 1. The van der Waals surface area contributed by atoms with Gasteiger partial charge in [-0.05, 0) is 52.2 Å². The molecule has 0 unspecified atom stereocenters. The third-order valence-corrected chi connectivity index (χ3v) is 4.35. The Labute approximate surface area is 176 Å². The Bertz CT molecular complexity index is 896. The molecular weight excluding hydrogens is 450 g/mol. The van der Waals surface area contributed by atoms with Crippen molar-refractivity contribution in [1.82, 2.24) is 15.4 Å². The molecule has 0 radical (unpaired) electrons. The van der Waals surface area contributed by atoms with Crippen molar-refractivity contribution in [2.24, 2.45) is 7.05 Å². The summed E-state index contributed by atoms with van der Waals surface area (Å²) in [5.41, 5.74) is 5.73. The molecule has 2 N–H and O–H groups in total. The summed E-state index contributed by atoms with van der Waals surface area (Å²) in [4.78, 5) is 24.0. The number of carbonyl (C=O) groups is 2. The van der Waals surface area contributed by atoms with Crippen molar-refractivity contribution < 1.29 is 19.1 Å². The maximum absolute atomic E-state index is 12.1. The van der Waals surface area contributed by atoms with Gasteiger partial charge in [0.2, 0.25) is 0 Å². The summed E-state index contributed by atoms with van der Waals surface area (Å²) >= 11 is 9.54. The average Bonchev–Trinajstić information content (AvgIpc) is 3.01. The van der Waals surface area contributed by atoms with Gasteiger partial charge in [0.25, 0.3) is 11.8 Å². The molecule has 0 aliphatic carbocycles. The molecule has 0 aliphatic heterocycles. The van der Waals surface area contributed by atoms with Crippen LogP contribution in [0.5, 0.6) is 11.5 Å². The number of benzene rings is 1. The highest BCUT2D eigenvalue weighted by Gasteiger charge is 2.12. The Kier molecular flexibility index (Phi) is 7.95. The summed E-state index contributed by atoms with van der Waals surface area (Å²) in [6.07, 6.45) is 5.41. The van der Waals surface area contributed by atoms with E-state index in [2.05, 4.69) is 26.8 Å². The van der Waals surface area contributed by atoms with Gasteiger partial charge >= 0.3 is 0 Å². The lowest BCUT2D eigenvalue weighted by Crippen LogP contribution is -2.41. The van der Waals surface area contributed by atoms with Crippen LogP contribution in [0.4, 0.5) is 0 Å². The highest BCUT2D eigenvalue weighted by molar-refractivity contribution is 9.10. The predicted octanol–water partition coefficient (Wildman–Crippen LogP) is 3.71. The van der Waals surface area contributed by atoms with E-state index in [1.165, 1.54) is 13.2 Å². The molecule has 9 heteroatoms. The molecule has 0 aliphatic rings. The number of amides is 2. The van der Waals surface area contributed by atoms with E-state index < -0.39 is 11.8 Å². The first-order chi connectivity index (χ1) is 13.3. The maximum Gasteiger partial charge on any atom is 0.286 e. The van der Waals surface area contributed by atoms with E-state index in [9.17, 15) is 9.59 Å². The second kappa shape index (κ2) is 10.2. The second-order valence-electron chi connectivity index (χ2n) is 5.81. The Balaban J connectivity index is 2.00. The number of ether oxygens (including phenoxy) is 2. The molecule has 1 aromatic carbocycles. The van der Waals surface area contributed by atoms with Crippen molar-refractivity contribution >= 4 is 45.4 Å². The molecule has 1 aromatic heterocycles. The first-order valence-electron chi connectivity index (χ1n) is 8.46. The monoisotopic (exact) mass is 469 g/mol. The lowest BCUT2D eigenvalue weighted by Gasteiger charge is -2.12. The Morgan fingerprint density at radius 2 is 2.04 bits per heavy atom. The maximum atomic E-state index is 12.1. The quantitative estimate of drug-likeness (QED) is 0.477. The number of nitrogens with one attached hydrogen (secondary N) is 2. The van der Waals surface area contributed by atoms with Gasteiger partial charge in [-0.25, -0.2) is 0 Å². The van der Waals surface area contributed by atoms with Gasteiger partial charge in [0, 0.05) is 23.8 Å². The van der Waals surface area contributed by atoms with Crippen LogP contribution in [-0.4, -0.2) is 30.1 Å². The van der Waals surface area contributed by atoms with Crippen LogP contribution in [-0.2, 0) is 11.8 Å². The van der Waals surface area contributed by atoms with Crippen molar-refractivity contribution in [2.45, 2.75) is 13.3 Å². The SMILES string of the molecule is CCCOc1c(Cl)cc(/C=C/C(=O)NNC(=O)c2cc(Br)cn2C)cc1OC. The smallest absolute Gasteiger partial charge is 0.286 e. The third kappa shape index (κ3) is 5.77. The lowest BCUT2D eigenvalue weighted by molar-refractivity contribution is -0.117. The number of carbonyl (C=O) groups excluding carboxylic acids is 2. The average molecular weight is 471 g/mol. The summed E-state index contributed by atoms with van der Waals surface area (Å²) in [5, 5.41) is 0.385. The van der Waals surface area contributed by atoms with Crippen molar-refractivity contribution in [1.29, 1.82) is 0 Å². The van der Waals surface area contributed by atoms with Gasteiger partial charge in [-0.15, -0.1) is 0 Å². The molecular formula is C19H21BrClN3O4. The normalized spacial score (nSPS) is 10.8. The molecule has 7 nitrogen and oxygen atoms in total. The van der Waals surface area contributed by atoms with Crippen LogP contribution in [0.15, 0.2) is 34.9 Å². The van der Waals surface area contributed by atoms with E-state index in [1.54, 1.807) is 42.1 Å².